The molecule has 0 saturated carbocycles. The van der Waals surface area contributed by atoms with Gasteiger partial charge in [-0.1, -0.05) is 12.1 Å². The maximum atomic E-state index is 10.5. The SMILES string of the molecule is CNC(/C=C/C(=O)O)c1ccc2c(c1)OCCO2. The highest BCUT2D eigenvalue weighted by Gasteiger charge is 2.14. The van der Waals surface area contributed by atoms with Crippen LogP contribution in [-0.4, -0.2) is 31.3 Å². The predicted octanol–water partition coefficient (Wildman–Crippen LogP) is 1.36. The van der Waals surface area contributed by atoms with Crippen LogP contribution in [0.2, 0.25) is 0 Å². The van der Waals surface area contributed by atoms with Gasteiger partial charge < -0.3 is 19.9 Å². The number of carboxylic acids is 1. The van der Waals surface area contributed by atoms with E-state index in [2.05, 4.69) is 5.32 Å². The molecule has 1 aliphatic heterocycles. The second-order valence-corrected chi connectivity index (χ2v) is 3.87. The van der Waals surface area contributed by atoms with E-state index in [0.717, 1.165) is 17.4 Å². The zero-order valence-electron chi connectivity index (χ0n) is 10.1. The Morgan fingerprint density at radius 2 is 2.11 bits per heavy atom. The first kappa shape index (κ1) is 12.4. The number of likely N-dealkylation sites (N-methyl/N-ethyl adjacent to an activating group) is 1. The molecule has 5 heteroatoms. The van der Waals surface area contributed by atoms with Crippen LogP contribution in [0.25, 0.3) is 0 Å². The molecular formula is C13H15NO4. The lowest BCUT2D eigenvalue weighted by atomic mass is 10.1. The highest BCUT2D eigenvalue weighted by atomic mass is 16.6. The van der Waals surface area contributed by atoms with Crippen molar-refractivity contribution in [2.45, 2.75) is 6.04 Å². The lowest BCUT2D eigenvalue weighted by molar-refractivity contribution is -0.131. The Balaban J connectivity index is 2.23. The molecule has 96 valence electrons. The van der Waals surface area contributed by atoms with Gasteiger partial charge in [0, 0.05) is 6.08 Å². The van der Waals surface area contributed by atoms with Gasteiger partial charge in [-0.15, -0.1) is 0 Å². The second kappa shape index (κ2) is 5.55. The maximum absolute atomic E-state index is 10.5. The molecule has 1 unspecified atom stereocenters. The summed E-state index contributed by atoms with van der Waals surface area (Å²) in [5.41, 5.74) is 0.930. The number of aliphatic carboxylic acids is 1. The van der Waals surface area contributed by atoms with Crippen LogP contribution in [0.15, 0.2) is 30.4 Å². The number of ether oxygens (including phenoxy) is 2. The molecule has 1 atom stereocenters. The Hall–Kier alpha value is -2.01. The van der Waals surface area contributed by atoms with Gasteiger partial charge in [0.05, 0.1) is 6.04 Å². The first-order valence-corrected chi connectivity index (χ1v) is 5.68. The third-order valence-corrected chi connectivity index (χ3v) is 2.67. The minimum atomic E-state index is -0.965. The third-order valence-electron chi connectivity index (χ3n) is 2.67. The molecule has 18 heavy (non-hydrogen) atoms. The van der Waals surface area contributed by atoms with Crippen LogP contribution in [0.1, 0.15) is 11.6 Å². The molecular weight excluding hydrogens is 234 g/mol. The summed E-state index contributed by atoms with van der Waals surface area (Å²) in [7, 11) is 1.77. The molecule has 0 aromatic heterocycles. The van der Waals surface area contributed by atoms with E-state index in [1.54, 1.807) is 13.1 Å². The summed E-state index contributed by atoms with van der Waals surface area (Å²) >= 11 is 0. The van der Waals surface area contributed by atoms with Gasteiger partial charge in [-0.3, -0.25) is 0 Å². The largest absolute Gasteiger partial charge is 0.486 e. The molecule has 0 amide bonds. The molecule has 0 fully saturated rings. The van der Waals surface area contributed by atoms with Gasteiger partial charge in [-0.25, -0.2) is 4.79 Å². The zero-order chi connectivity index (χ0) is 13.0. The van der Waals surface area contributed by atoms with Gasteiger partial charge in [0.2, 0.25) is 0 Å². The number of nitrogens with one attached hydrogen (secondary N) is 1. The minimum absolute atomic E-state index is 0.170. The minimum Gasteiger partial charge on any atom is -0.486 e. The van der Waals surface area contributed by atoms with Crippen molar-refractivity contribution in [2.24, 2.45) is 0 Å². The molecule has 1 aromatic rings. The molecule has 0 radical (unpaired) electrons. The number of benzene rings is 1. The molecule has 2 rings (SSSR count). The van der Waals surface area contributed by atoms with E-state index in [0.29, 0.717) is 19.0 Å². The summed E-state index contributed by atoms with van der Waals surface area (Å²) in [5, 5.41) is 11.7. The van der Waals surface area contributed by atoms with E-state index < -0.39 is 5.97 Å². The van der Waals surface area contributed by atoms with Gasteiger partial charge >= 0.3 is 5.97 Å². The predicted molar refractivity (Wildman–Crippen MR) is 66.0 cm³/mol. The Morgan fingerprint density at radius 3 is 2.78 bits per heavy atom. The summed E-state index contributed by atoms with van der Waals surface area (Å²) in [6.07, 6.45) is 2.71. The first-order chi connectivity index (χ1) is 8.70. The zero-order valence-corrected chi connectivity index (χ0v) is 10.1. The van der Waals surface area contributed by atoms with Crippen LogP contribution >= 0.6 is 0 Å². The van der Waals surface area contributed by atoms with Crippen molar-refractivity contribution in [3.63, 3.8) is 0 Å². The van der Waals surface area contributed by atoms with Gasteiger partial charge in [0.1, 0.15) is 13.2 Å². The van der Waals surface area contributed by atoms with E-state index in [4.69, 9.17) is 14.6 Å². The molecule has 0 bridgehead atoms. The van der Waals surface area contributed by atoms with Crippen LogP contribution in [0.3, 0.4) is 0 Å². The van der Waals surface area contributed by atoms with E-state index in [1.165, 1.54) is 0 Å². The Kier molecular flexibility index (Phi) is 3.84. The van der Waals surface area contributed by atoms with Crippen LogP contribution in [0.5, 0.6) is 11.5 Å². The van der Waals surface area contributed by atoms with Crippen molar-refractivity contribution in [1.82, 2.24) is 5.32 Å². The summed E-state index contributed by atoms with van der Waals surface area (Å²) in [5.74, 6) is 0.456. The van der Waals surface area contributed by atoms with E-state index >= 15 is 0 Å². The fraction of sp³-hybridized carbons (Fsp3) is 0.308. The van der Waals surface area contributed by atoms with Crippen LogP contribution < -0.4 is 14.8 Å². The topological polar surface area (TPSA) is 67.8 Å². The lowest BCUT2D eigenvalue weighted by Gasteiger charge is -2.20. The van der Waals surface area contributed by atoms with Gasteiger partial charge in [-0.2, -0.15) is 0 Å². The van der Waals surface area contributed by atoms with Gasteiger partial charge in [-0.05, 0) is 24.7 Å². The van der Waals surface area contributed by atoms with E-state index in [1.807, 2.05) is 18.2 Å². The van der Waals surface area contributed by atoms with Crippen molar-refractivity contribution in [3.8, 4) is 11.5 Å². The second-order valence-electron chi connectivity index (χ2n) is 3.87. The monoisotopic (exact) mass is 249 g/mol. The quantitative estimate of drug-likeness (QED) is 0.789. The Bertz CT molecular complexity index is 470. The number of carbonyl (C=O) groups is 1. The number of fused-ring (bicyclic) bond motifs is 1. The molecule has 5 nitrogen and oxygen atoms in total. The third kappa shape index (κ3) is 2.81. The van der Waals surface area contributed by atoms with Crippen LogP contribution in [0, 0.1) is 0 Å². The molecule has 1 aromatic carbocycles. The van der Waals surface area contributed by atoms with Crippen LogP contribution in [0.4, 0.5) is 0 Å². The van der Waals surface area contributed by atoms with Crippen LogP contribution in [-0.2, 0) is 4.79 Å². The fourth-order valence-corrected chi connectivity index (χ4v) is 1.81. The van der Waals surface area contributed by atoms with E-state index in [9.17, 15) is 4.79 Å². The smallest absolute Gasteiger partial charge is 0.328 e. The van der Waals surface area contributed by atoms with Crippen molar-refractivity contribution in [3.05, 3.63) is 35.9 Å². The lowest BCUT2D eigenvalue weighted by Crippen LogP contribution is -2.17. The molecule has 0 spiro atoms. The summed E-state index contributed by atoms with van der Waals surface area (Å²) < 4.78 is 10.9. The van der Waals surface area contributed by atoms with Gasteiger partial charge in [0.15, 0.2) is 11.5 Å². The maximum Gasteiger partial charge on any atom is 0.328 e. The number of rotatable bonds is 4. The van der Waals surface area contributed by atoms with Crippen molar-refractivity contribution in [2.75, 3.05) is 20.3 Å². The van der Waals surface area contributed by atoms with Gasteiger partial charge in [0.25, 0.3) is 0 Å². The molecule has 0 saturated heterocycles. The molecule has 1 heterocycles. The summed E-state index contributed by atoms with van der Waals surface area (Å²) in [6, 6.07) is 5.42. The number of hydrogen-bond acceptors (Lipinski definition) is 4. The average Bonchev–Trinajstić information content (AvgIpc) is 2.39. The first-order valence-electron chi connectivity index (χ1n) is 5.68. The summed E-state index contributed by atoms with van der Waals surface area (Å²) in [4.78, 5) is 10.5. The fourth-order valence-electron chi connectivity index (χ4n) is 1.81. The van der Waals surface area contributed by atoms with E-state index in [-0.39, 0.29) is 6.04 Å². The average molecular weight is 249 g/mol. The highest BCUT2D eigenvalue weighted by molar-refractivity contribution is 5.79. The molecule has 2 N–H and O–H groups in total. The Morgan fingerprint density at radius 1 is 1.39 bits per heavy atom. The normalized spacial score (nSPS) is 15.6. The van der Waals surface area contributed by atoms with Crippen molar-refractivity contribution >= 4 is 5.97 Å². The van der Waals surface area contributed by atoms with Crippen molar-refractivity contribution < 1.29 is 19.4 Å². The summed E-state index contributed by atoms with van der Waals surface area (Å²) in [6.45, 7) is 1.09. The number of hydrogen-bond donors (Lipinski definition) is 2. The molecule has 0 aliphatic carbocycles. The highest BCUT2D eigenvalue weighted by Crippen LogP contribution is 2.32. The van der Waals surface area contributed by atoms with Crippen molar-refractivity contribution in [1.29, 1.82) is 0 Å². The standard InChI is InChI=1S/C13H15NO4/c1-14-10(3-5-13(15)16)9-2-4-11-12(8-9)18-7-6-17-11/h2-5,8,10,14H,6-7H2,1H3,(H,15,16)/b5-3+. The Labute approximate surface area is 105 Å². The number of carboxylic acid groups (broad SMARTS) is 1. The molecule has 1 aliphatic rings.